The number of carbonyl (C=O) groups excluding carboxylic acids is 2. The van der Waals surface area contributed by atoms with Gasteiger partial charge in [0.15, 0.2) is 11.9 Å². The Labute approximate surface area is 211 Å². The van der Waals surface area contributed by atoms with Crippen molar-refractivity contribution in [2.75, 3.05) is 5.75 Å². The van der Waals surface area contributed by atoms with Crippen LogP contribution >= 0.6 is 11.8 Å². The lowest BCUT2D eigenvalue weighted by atomic mass is 9.95. The molecule has 1 unspecified atom stereocenters. The van der Waals surface area contributed by atoms with E-state index in [0.29, 0.717) is 0 Å². The van der Waals surface area contributed by atoms with Crippen LogP contribution in [0.15, 0.2) is 75.9 Å². The highest BCUT2D eigenvalue weighted by atomic mass is 32.2. The van der Waals surface area contributed by atoms with Crippen LogP contribution in [0, 0.1) is 0 Å². The molecule has 8 nitrogen and oxygen atoms in total. The van der Waals surface area contributed by atoms with Crippen molar-refractivity contribution in [2.24, 2.45) is 5.73 Å². The molecule has 0 saturated carbocycles. The Morgan fingerprint density at radius 2 is 1.56 bits per heavy atom. The molecule has 5 rings (SSSR count). The molecule has 2 N–H and O–H groups in total. The average Bonchev–Trinajstić information content (AvgIpc) is 2.90. The lowest BCUT2D eigenvalue weighted by Gasteiger charge is -2.48. The minimum Gasteiger partial charge on any atom is -0.486 e. The molecule has 9 heteroatoms. The van der Waals surface area contributed by atoms with E-state index in [1.807, 2.05) is 60.7 Å². The molecule has 0 aromatic heterocycles. The highest BCUT2D eigenvalue weighted by Crippen LogP contribution is 2.44. The molecule has 0 aliphatic carbocycles. The van der Waals surface area contributed by atoms with Gasteiger partial charge >= 0.3 is 5.97 Å². The van der Waals surface area contributed by atoms with E-state index >= 15 is 0 Å². The molecular formula is C27H24N2O6S. The van der Waals surface area contributed by atoms with Crippen molar-refractivity contribution >= 4 is 29.2 Å². The second-order valence-corrected chi connectivity index (χ2v) is 10.0. The highest BCUT2D eigenvalue weighted by molar-refractivity contribution is 8.00. The van der Waals surface area contributed by atoms with Crippen molar-refractivity contribution in [1.29, 1.82) is 0 Å². The van der Waals surface area contributed by atoms with Crippen molar-refractivity contribution in [1.82, 2.24) is 4.90 Å². The number of hydrogen-bond donors (Lipinski definition) is 1. The molecule has 1 amide bonds. The summed E-state index contributed by atoms with van der Waals surface area (Å²) in [6.07, 6.45) is -1.11. The maximum Gasteiger partial charge on any atom is 0.356 e. The van der Waals surface area contributed by atoms with Gasteiger partial charge in [-0.15, -0.1) is 11.8 Å². The van der Waals surface area contributed by atoms with E-state index in [2.05, 4.69) is 0 Å². The number of thioether (sulfide) groups is 1. The van der Waals surface area contributed by atoms with Crippen molar-refractivity contribution in [3.8, 4) is 5.75 Å². The van der Waals surface area contributed by atoms with E-state index in [-0.39, 0.29) is 34.4 Å². The molecule has 1 saturated heterocycles. The Hall–Kier alpha value is -3.69. The first kappa shape index (κ1) is 24.0. The third-order valence-corrected chi connectivity index (χ3v) is 7.46. The SMILES string of the molecule is CC(C)Oc1c(C2=C(C(=O)OC(c3ccccc3)c3ccccc3)N3C(=O)C(N)[C@@H]3SC2)c(=O)c1=O. The Kier molecular flexibility index (Phi) is 6.27. The topological polar surface area (TPSA) is 116 Å². The average molecular weight is 505 g/mol. The third-order valence-electron chi connectivity index (χ3n) is 6.15. The maximum atomic E-state index is 13.8. The summed E-state index contributed by atoms with van der Waals surface area (Å²) < 4.78 is 11.6. The summed E-state index contributed by atoms with van der Waals surface area (Å²) in [6, 6.07) is 17.7. The van der Waals surface area contributed by atoms with Crippen molar-refractivity contribution < 1.29 is 19.1 Å². The lowest BCUT2D eigenvalue weighted by Crippen LogP contribution is -2.68. The van der Waals surface area contributed by atoms with Crippen LogP contribution in [0.3, 0.4) is 0 Å². The van der Waals surface area contributed by atoms with Gasteiger partial charge in [0.1, 0.15) is 17.1 Å². The molecule has 1 fully saturated rings. The zero-order valence-corrected chi connectivity index (χ0v) is 20.5. The van der Waals surface area contributed by atoms with Gasteiger partial charge in [-0.2, -0.15) is 0 Å². The number of carbonyl (C=O) groups is 2. The van der Waals surface area contributed by atoms with E-state index in [4.69, 9.17) is 15.2 Å². The molecular weight excluding hydrogens is 480 g/mol. The number of nitrogens with zero attached hydrogens (tertiary/aromatic N) is 1. The number of rotatable bonds is 7. The fraction of sp³-hybridized carbons (Fsp3) is 0.259. The van der Waals surface area contributed by atoms with Crippen LogP contribution in [0.25, 0.3) is 5.57 Å². The van der Waals surface area contributed by atoms with Crippen LogP contribution in [0.1, 0.15) is 36.6 Å². The normalized spacial score (nSPS) is 19.5. The second kappa shape index (κ2) is 9.40. The number of ether oxygens (including phenoxy) is 2. The molecule has 184 valence electrons. The summed E-state index contributed by atoms with van der Waals surface area (Å²) in [5, 5.41) is -0.461. The number of esters is 1. The summed E-state index contributed by atoms with van der Waals surface area (Å²) in [7, 11) is 0. The molecule has 0 bridgehead atoms. The van der Waals surface area contributed by atoms with Crippen LogP contribution in [-0.2, 0) is 14.3 Å². The highest BCUT2D eigenvalue weighted by Gasteiger charge is 2.53. The van der Waals surface area contributed by atoms with Gasteiger partial charge in [0, 0.05) is 11.3 Å². The molecule has 2 aliphatic heterocycles. The standard InChI is InChI=1S/C27H24N2O6S/c1-14(2)34-24-18(21(30)22(24)31)17-13-36-26-19(28)25(32)29(26)20(17)27(33)35-23(15-9-5-3-6-10-15)16-11-7-4-8-12-16/h3-12,14,19,23,26H,13,28H2,1-2H3/t19?,26-/m0/s1. The molecule has 2 atom stereocenters. The van der Waals surface area contributed by atoms with Crippen LogP contribution in [0.5, 0.6) is 5.75 Å². The third kappa shape index (κ3) is 3.94. The number of amides is 1. The summed E-state index contributed by atoms with van der Waals surface area (Å²) in [4.78, 5) is 52.7. The number of hydrogen-bond acceptors (Lipinski definition) is 8. The smallest absolute Gasteiger partial charge is 0.356 e. The molecule has 0 radical (unpaired) electrons. The van der Waals surface area contributed by atoms with Gasteiger partial charge in [0.25, 0.3) is 5.43 Å². The van der Waals surface area contributed by atoms with E-state index in [1.165, 1.54) is 16.7 Å². The predicted octanol–water partition coefficient (Wildman–Crippen LogP) is 2.36. The van der Waals surface area contributed by atoms with Gasteiger partial charge in [0.2, 0.25) is 11.3 Å². The Morgan fingerprint density at radius 1 is 0.972 bits per heavy atom. The monoisotopic (exact) mass is 504 g/mol. The number of β-lactam (4-membered cyclic amide) rings is 1. The first-order valence-electron chi connectivity index (χ1n) is 11.5. The Bertz CT molecular complexity index is 1390. The molecule has 3 aromatic carbocycles. The van der Waals surface area contributed by atoms with Crippen LogP contribution < -0.4 is 21.3 Å². The van der Waals surface area contributed by atoms with Crippen molar-refractivity contribution in [3.05, 3.63) is 103 Å². The van der Waals surface area contributed by atoms with Crippen molar-refractivity contribution in [3.63, 3.8) is 0 Å². The minimum absolute atomic E-state index is 0.0239. The number of benzene rings is 2. The predicted molar refractivity (Wildman–Crippen MR) is 136 cm³/mol. The first-order chi connectivity index (χ1) is 17.3. The van der Waals surface area contributed by atoms with Crippen LogP contribution in [-0.4, -0.2) is 40.0 Å². The van der Waals surface area contributed by atoms with Gasteiger partial charge in [-0.1, -0.05) is 60.7 Å². The largest absolute Gasteiger partial charge is 0.486 e. The zero-order valence-electron chi connectivity index (χ0n) is 19.7. The lowest BCUT2D eigenvalue weighted by molar-refractivity contribution is -0.152. The molecule has 2 heterocycles. The molecule has 2 aliphatic rings. The van der Waals surface area contributed by atoms with Gasteiger partial charge < -0.3 is 15.2 Å². The summed E-state index contributed by atoms with van der Waals surface area (Å²) in [5.41, 5.74) is 6.19. The Morgan fingerprint density at radius 3 is 2.11 bits per heavy atom. The second-order valence-electron chi connectivity index (χ2n) is 8.90. The number of fused-ring (bicyclic) bond motifs is 1. The van der Waals surface area contributed by atoms with Gasteiger partial charge in [-0.05, 0) is 25.0 Å². The van der Waals surface area contributed by atoms with Crippen LogP contribution in [0.2, 0.25) is 0 Å². The molecule has 0 spiro atoms. The van der Waals surface area contributed by atoms with Crippen molar-refractivity contribution in [2.45, 2.75) is 37.5 Å². The summed E-state index contributed by atoms with van der Waals surface area (Å²) >= 11 is 1.33. The molecule has 36 heavy (non-hydrogen) atoms. The fourth-order valence-electron chi connectivity index (χ4n) is 4.44. The quantitative estimate of drug-likeness (QED) is 0.296. The number of nitrogens with two attached hydrogens (primary N) is 1. The summed E-state index contributed by atoms with van der Waals surface area (Å²) in [5.74, 6) is -1.11. The van der Waals surface area contributed by atoms with E-state index in [1.54, 1.807) is 13.8 Å². The zero-order chi connectivity index (χ0) is 25.6. The van der Waals surface area contributed by atoms with E-state index < -0.39 is 40.3 Å². The van der Waals surface area contributed by atoms with Gasteiger partial charge in [-0.3, -0.25) is 19.3 Å². The van der Waals surface area contributed by atoms with E-state index in [9.17, 15) is 19.2 Å². The minimum atomic E-state index is -0.781. The van der Waals surface area contributed by atoms with Gasteiger partial charge in [-0.25, -0.2) is 4.79 Å². The Balaban J connectivity index is 1.60. The van der Waals surface area contributed by atoms with Gasteiger partial charge in [0.05, 0.1) is 11.7 Å². The summed E-state index contributed by atoms with van der Waals surface area (Å²) in [6.45, 7) is 3.47. The maximum absolute atomic E-state index is 13.8. The van der Waals surface area contributed by atoms with E-state index in [0.717, 1.165) is 11.1 Å². The fourth-order valence-corrected chi connectivity index (χ4v) is 5.74. The van der Waals surface area contributed by atoms with Crippen LogP contribution in [0.4, 0.5) is 0 Å². The first-order valence-corrected chi connectivity index (χ1v) is 12.6. The molecule has 3 aromatic rings.